The number of hydrogen-bond acceptors (Lipinski definition) is 3. The minimum atomic E-state index is 0. The van der Waals surface area contributed by atoms with Crippen LogP contribution in [0.15, 0.2) is 54.9 Å². The molecule has 2 rings (SSSR count). The number of pyridine rings is 1. The Balaban J connectivity index is 0.00000264. The predicted molar refractivity (Wildman–Crippen MR) is 103 cm³/mol. The van der Waals surface area contributed by atoms with Gasteiger partial charge in [0.1, 0.15) is 0 Å². The topological polar surface area (TPSA) is 59.2 Å². The number of carbonyl (C=O) groups excluding carboxylic acids is 1. The van der Waals surface area contributed by atoms with E-state index in [2.05, 4.69) is 17.1 Å². The Morgan fingerprint density at radius 3 is 2.17 bits per heavy atom. The van der Waals surface area contributed by atoms with Crippen molar-refractivity contribution in [2.75, 3.05) is 19.6 Å². The lowest BCUT2D eigenvalue weighted by Crippen LogP contribution is -2.37. The zero-order valence-electron chi connectivity index (χ0n) is 13.6. The summed E-state index contributed by atoms with van der Waals surface area (Å²) in [6, 6.07) is 14.1. The molecule has 6 heteroatoms. The van der Waals surface area contributed by atoms with Crippen LogP contribution in [-0.4, -0.2) is 35.4 Å². The second-order valence-corrected chi connectivity index (χ2v) is 5.26. The largest absolute Gasteiger partial charge is 0.341 e. The third-order valence-corrected chi connectivity index (χ3v) is 3.64. The van der Waals surface area contributed by atoms with Crippen molar-refractivity contribution in [3.05, 3.63) is 66.0 Å². The number of hydrogen-bond donors (Lipinski definition) is 1. The molecule has 2 aromatic rings. The highest BCUT2D eigenvalue weighted by Crippen LogP contribution is 2.06. The number of carbonyl (C=O) groups is 1. The first-order valence-electron chi connectivity index (χ1n) is 7.70. The number of nitrogens with zero attached hydrogens (tertiary/aromatic N) is 2. The average molecular weight is 370 g/mol. The van der Waals surface area contributed by atoms with E-state index in [4.69, 9.17) is 5.73 Å². The van der Waals surface area contributed by atoms with Crippen LogP contribution in [0.2, 0.25) is 0 Å². The van der Waals surface area contributed by atoms with Crippen molar-refractivity contribution in [3.63, 3.8) is 0 Å². The van der Waals surface area contributed by atoms with Gasteiger partial charge in [0.25, 0.3) is 0 Å². The number of nitrogens with two attached hydrogens (primary N) is 1. The van der Waals surface area contributed by atoms with Gasteiger partial charge in [0.05, 0.1) is 0 Å². The highest BCUT2D eigenvalue weighted by atomic mass is 35.5. The van der Waals surface area contributed by atoms with Gasteiger partial charge in [0.15, 0.2) is 0 Å². The van der Waals surface area contributed by atoms with Gasteiger partial charge in [-0.05, 0) is 36.1 Å². The summed E-state index contributed by atoms with van der Waals surface area (Å²) in [4.78, 5) is 18.2. The Kier molecular flexibility index (Phi) is 11.9. The smallest absolute Gasteiger partial charge is 0.222 e. The maximum atomic E-state index is 12.4. The van der Waals surface area contributed by atoms with E-state index in [1.165, 1.54) is 5.56 Å². The molecule has 1 aromatic heterocycles. The third-order valence-electron chi connectivity index (χ3n) is 3.64. The number of amides is 1. The number of aryl methyl sites for hydroxylation is 1. The molecule has 0 fully saturated rings. The monoisotopic (exact) mass is 369 g/mol. The molecule has 0 saturated carbocycles. The maximum Gasteiger partial charge on any atom is 0.222 e. The van der Waals surface area contributed by atoms with Gasteiger partial charge in [-0.2, -0.15) is 0 Å². The third kappa shape index (κ3) is 7.77. The van der Waals surface area contributed by atoms with Gasteiger partial charge in [-0.3, -0.25) is 9.78 Å². The lowest BCUT2D eigenvalue weighted by atomic mass is 10.1. The van der Waals surface area contributed by atoms with Crippen LogP contribution in [0.1, 0.15) is 17.5 Å². The molecule has 0 saturated heterocycles. The molecule has 0 unspecified atom stereocenters. The fourth-order valence-electron chi connectivity index (χ4n) is 2.38. The second kappa shape index (κ2) is 12.8. The van der Waals surface area contributed by atoms with Crippen LogP contribution in [0.25, 0.3) is 0 Å². The van der Waals surface area contributed by atoms with Crippen LogP contribution in [0.5, 0.6) is 0 Å². The maximum absolute atomic E-state index is 12.4. The molecule has 0 spiro atoms. The zero-order chi connectivity index (χ0) is 15.6. The van der Waals surface area contributed by atoms with Gasteiger partial charge in [0, 0.05) is 38.4 Å². The van der Waals surface area contributed by atoms with E-state index in [1.807, 2.05) is 35.2 Å². The molecule has 0 bridgehead atoms. The molecule has 0 aliphatic rings. The predicted octanol–water partition coefficient (Wildman–Crippen LogP) is 2.89. The molecule has 0 aliphatic carbocycles. The standard InChI is InChI=1S/C18H23N3O.2ClH/c19-11-15-21(14-10-16-4-2-1-3-5-16)18(22)7-6-17-8-12-20-13-9-17;;/h1-5,8-9,12-13H,6-7,10-11,14-15,19H2;2*1H. The fraction of sp³-hybridized carbons (Fsp3) is 0.333. The summed E-state index contributed by atoms with van der Waals surface area (Å²) in [5, 5.41) is 0. The minimum absolute atomic E-state index is 0. The Bertz CT molecular complexity index is 567. The van der Waals surface area contributed by atoms with Crippen LogP contribution >= 0.6 is 24.8 Å². The van der Waals surface area contributed by atoms with Crippen molar-refractivity contribution in [1.82, 2.24) is 9.88 Å². The lowest BCUT2D eigenvalue weighted by Gasteiger charge is -2.22. The average Bonchev–Trinajstić information content (AvgIpc) is 2.58. The fourth-order valence-corrected chi connectivity index (χ4v) is 2.38. The molecule has 1 aromatic carbocycles. The van der Waals surface area contributed by atoms with Gasteiger partial charge in [-0.25, -0.2) is 0 Å². The van der Waals surface area contributed by atoms with Crippen LogP contribution < -0.4 is 5.73 Å². The van der Waals surface area contributed by atoms with Gasteiger partial charge in [0.2, 0.25) is 5.91 Å². The summed E-state index contributed by atoms with van der Waals surface area (Å²) < 4.78 is 0. The molecule has 132 valence electrons. The second-order valence-electron chi connectivity index (χ2n) is 5.26. The SMILES string of the molecule is Cl.Cl.NCCN(CCc1ccccc1)C(=O)CCc1ccncc1. The van der Waals surface area contributed by atoms with Crippen molar-refractivity contribution in [2.45, 2.75) is 19.3 Å². The quantitative estimate of drug-likeness (QED) is 0.777. The van der Waals surface area contributed by atoms with Gasteiger partial charge >= 0.3 is 0 Å². The molecular formula is C18H25Cl2N3O. The van der Waals surface area contributed by atoms with Crippen molar-refractivity contribution >= 4 is 30.7 Å². The highest BCUT2D eigenvalue weighted by Gasteiger charge is 2.12. The normalized spacial score (nSPS) is 9.54. The molecular weight excluding hydrogens is 345 g/mol. The summed E-state index contributed by atoms with van der Waals surface area (Å²) in [6.07, 6.45) is 5.63. The van der Waals surface area contributed by atoms with Gasteiger partial charge < -0.3 is 10.6 Å². The molecule has 0 aliphatic heterocycles. The Labute approximate surface area is 156 Å². The molecule has 1 amide bonds. The van der Waals surface area contributed by atoms with Crippen molar-refractivity contribution in [1.29, 1.82) is 0 Å². The first-order chi connectivity index (χ1) is 10.8. The van der Waals surface area contributed by atoms with Crippen molar-refractivity contribution < 1.29 is 4.79 Å². The van der Waals surface area contributed by atoms with Crippen LogP contribution in [0.3, 0.4) is 0 Å². The number of rotatable bonds is 8. The first kappa shape index (κ1) is 22.4. The molecule has 1 heterocycles. The van der Waals surface area contributed by atoms with E-state index in [1.54, 1.807) is 12.4 Å². The lowest BCUT2D eigenvalue weighted by molar-refractivity contribution is -0.131. The molecule has 24 heavy (non-hydrogen) atoms. The Morgan fingerprint density at radius 1 is 0.917 bits per heavy atom. The van der Waals surface area contributed by atoms with Gasteiger partial charge in [-0.1, -0.05) is 30.3 Å². The minimum Gasteiger partial charge on any atom is -0.341 e. The van der Waals surface area contributed by atoms with E-state index in [-0.39, 0.29) is 30.7 Å². The highest BCUT2D eigenvalue weighted by molar-refractivity contribution is 5.85. The van der Waals surface area contributed by atoms with Crippen molar-refractivity contribution in [2.24, 2.45) is 5.73 Å². The summed E-state index contributed by atoms with van der Waals surface area (Å²) in [6.45, 7) is 1.83. The van der Waals surface area contributed by atoms with E-state index in [0.717, 1.165) is 24.9 Å². The van der Waals surface area contributed by atoms with E-state index >= 15 is 0 Å². The van der Waals surface area contributed by atoms with E-state index in [9.17, 15) is 4.79 Å². The molecule has 0 radical (unpaired) electrons. The van der Waals surface area contributed by atoms with Crippen LogP contribution in [0, 0.1) is 0 Å². The van der Waals surface area contributed by atoms with Crippen LogP contribution in [-0.2, 0) is 17.6 Å². The summed E-state index contributed by atoms with van der Waals surface area (Å²) in [5.74, 6) is 0.165. The van der Waals surface area contributed by atoms with E-state index < -0.39 is 0 Å². The molecule has 0 atom stereocenters. The van der Waals surface area contributed by atoms with Crippen molar-refractivity contribution in [3.8, 4) is 0 Å². The van der Waals surface area contributed by atoms with Crippen LogP contribution in [0.4, 0.5) is 0 Å². The zero-order valence-corrected chi connectivity index (χ0v) is 15.3. The molecule has 4 nitrogen and oxygen atoms in total. The van der Waals surface area contributed by atoms with E-state index in [0.29, 0.717) is 19.5 Å². The number of halogens is 2. The Morgan fingerprint density at radius 2 is 1.54 bits per heavy atom. The first-order valence-corrected chi connectivity index (χ1v) is 7.70. The summed E-state index contributed by atoms with van der Waals surface area (Å²) in [7, 11) is 0. The molecule has 2 N–H and O–H groups in total. The number of benzene rings is 1. The summed E-state index contributed by atoms with van der Waals surface area (Å²) >= 11 is 0. The van der Waals surface area contributed by atoms with Gasteiger partial charge in [-0.15, -0.1) is 24.8 Å². The number of aromatic nitrogens is 1. The summed E-state index contributed by atoms with van der Waals surface area (Å²) in [5.41, 5.74) is 8.02. The Hall–Kier alpha value is -1.62.